The molecule has 0 bridgehead atoms. The van der Waals surface area contributed by atoms with Gasteiger partial charge in [-0.3, -0.25) is 9.89 Å². The average molecular weight is 393 g/mol. The Morgan fingerprint density at radius 1 is 1.33 bits per heavy atom. The van der Waals surface area contributed by atoms with Crippen molar-refractivity contribution in [3.63, 3.8) is 0 Å². The minimum absolute atomic E-state index is 0.249. The third-order valence-electron chi connectivity index (χ3n) is 4.52. The Labute approximate surface area is 162 Å². The van der Waals surface area contributed by atoms with Crippen molar-refractivity contribution in [3.05, 3.63) is 52.0 Å². The topological polar surface area (TPSA) is 69.1 Å². The molecule has 8 heteroatoms. The molecule has 1 unspecified atom stereocenters. The lowest BCUT2D eigenvalue weighted by Crippen LogP contribution is -2.46. The molecule has 0 aliphatic carbocycles. The van der Waals surface area contributed by atoms with Crippen molar-refractivity contribution in [3.8, 4) is 5.75 Å². The van der Waals surface area contributed by atoms with Gasteiger partial charge in [0.15, 0.2) is 17.5 Å². The number of hydrogen-bond acceptors (Lipinski definition) is 5. The zero-order valence-corrected chi connectivity index (χ0v) is 16.1. The molecule has 2 aromatic rings. The molecule has 0 amide bonds. The van der Waals surface area contributed by atoms with Crippen LogP contribution in [0.2, 0.25) is 0 Å². The summed E-state index contributed by atoms with van der Waals surface area (Å²) in [5, 5.41) is 17.9. The maximum absolute atomic E-state index is 13.5. The van der Waals surface area contributed by atoms with Crippen LogP contribution in [0.15, 0.2) is 40.7 Å². The molecule has 1 aromatic carbocycles. The molecule has 1 fully saturated rings. The third-order valence-corrected chi connectivity index (χ3v) is 5.49. The summed E-state index contributed by atoms with van der Waals surface area (Å²) >= 11 is 1.75. The van der Waals surface area contributed by atoms with Crippen LogP contribution in [-0.4, -0.2) is 55.9 Å². The monoisotopic (exact) mass is 392 g/mol. The number of benzene rings is 1. The number of phenols is 1. The second-order valence-electron chi connectivity index (χ2n) is 6.27. The minimum atomic E-state index is -0.623. The molecule has 1 aliphatic heterocycles. The Bertz CT molecular complexity index is 748. The zero-order chi connectivity index (χ0) is 19.1. The van der Waals surface area contributed by atoms with Crippen LogP contribution in [0, 0.1) is 5.82 Å². The standard InChI is InChI=1S/C19H25FN4O2S/c1-21-19(22-12-14-4-5-17(25)15(20)11-14)23-13-16(18-3-2-10-27-18)24-6-8-26-9-7-24/h2-5,10-11,16,25H,6-9,12-13H2,1H3,(H2,21,22,23). The lowest BCUT2D eigenvalue weighted by atomic mass is 10.2. The molecule has 0 radical (unpaired) electrons. The summed E-state index contributed by atoms with van der Waals surface area (Å²) in [5.74, 6) is -0.314. The number of aliphatic imine (C=N–C) groups is 1. The summed E-state index contributed by atoms with van der Waals surface area (Å²) in [6.45, 7) is 4.44. The van der Waals surface area contributed by atoms with E-state index in [1.54, 1.807) is 24.5 Å². The Morgan fingerprint density at radius 2 is 2.15 bits per heavy atom. The Kier molecular flexibility index (Phi) is 7.03. The highest BCUT2D eigenvalue weighted by atomic mass is 32.1. The maximum Gasteiger partial charge on any atom is 0.191 e. The number of nitrogens with one attached hydrogen (secondary N) is 2. The van der Waals surface area contributed by atoms with Crippen molar-refractivity contribution < 1.29 is 14.2 Å². The first kappa shape index (κ1) is 19.6. The van der Waals surface area contributed by atoms with E-state index in [9.17, 15) is 9.50 Å². The second kappa shape index (κ2) is 9.68. The summed E-state index contributed by atoms with van der Waals surface area (Å²) in [6, 6.07) is 8.83. The number of halogens is 1. The van der Waals surface area contributed by atoms with E-state index in [4.69, 9.17) is 4.74 Å². The largest absolute Gasteiger partial charge is 0.505 e. The second-order valence-corrected chi connectivity index (χ2v) is 7.25. The van der Waals surface area contributed by atoms with Gasteiger partial charge >= 0.3 is 0 Å². The highest BCUT2D eigenvalue weighted by Gasteiger charge is 2.23. The van der Waals surface area contributed by atoms with Gasteiger partial charge in [0.05, 0.1) is 19.3 Å². The quantitative estimate of drug-likeness (QED) is 0.520. The van der Waals surface area contributed by atoms with E-state index in [0.29, 0.717) is 19.0 Å². The van der Waals surface area contributed by atoms with E-state index in [1.165, 1.54) is 17.0 Å². The van der Waals surface area contributed by atoms with Crippen LogP contribution in [0.1, 0.15) is 16.5 Å². The van der Waals surface area contributed by atoms with E-state index in [-0.39, 0.29) is 11.8 Å². The van der Waals surface area contributed by atoms with Crippen molar-refractivity contribution in [1.29, 1.82) is 0 Å². The van der Waals surface area contributed by atoms with Crippen LogP contribution in [-0.2, 0) is 11.3 Å². The van der Waals surface area contributed by atoms with Gasteiger partial charge < -0.3 is 20.5 Å². The number of thiophene rings is 1. The number of rotatable bonds is 6. The number of hydrogen-bond donors (Lipinski definition) is 3. The van der Waals surface area contributed by atoms with Gasteiger partial charge in [-0.05, 0) is 29.1 Å². The van der Waals surface area contributed by atoms with Crippen LogP contribution in [0.4, 0.5) is 4.39 Å². The molecule has 1 aromatic heterocycles. The van der Waals surface area contributed by atoms with Gasteiger partial charge in [-0.25, -0.2) is 4.39 Å². The average Bonchev–Trinajstić information content (AvgIpc) is 3.22. The van der Waals surface area contributed by atoms with E-state index >= 15 is 0 Å². The Balaban J connectivity index is 1.58. The fourth-order valence-corrected chi connectivity index (χ4v) is 3.90. The van der Waals surface area contributed by atoms with Crippen LogP contribution in [0.5, 0.6) is 5.75 Å². The third kappa shape index (κ3) is 5.41. The molecule has 1 atom stereocenters. The van der Waals surface area contributed by atoms with Gasteiger partial charge in [0.2, 0.25) is 0 Å². The predicted molar refractivity (Wildman–Crippen MR) is 106 cm³/mol. The van der Waals surface area contributed by atoms with Crippen LogP contribution in [0.25, 0.3) is 0 Å². The first-order valence-corrected chi connectivity index (χ1v) is 9.82. The van der Waals surface area contributed by atoms with Crippen molar-refractivity contribution in [1.82, 2.24) is 15.5 Å². The molecule has 27 heavy (non-hydrogen) atoms. The molecule has 3 N–H and O–H groups in total. The van der Waals surface area contributed by atoms with Crippen molar-refractivity contribution in [2.45, 2.75) is 12.6 Å². The van der Waals surface area contributed by atoms with Gasteiger partial charge in [0.25, 0.3) is 0 Å². The van der Waals surface area contributed by atoms with Crippen molar-refractivity contribution in [2.75, 3.05) is 39.9 Å². The highest BCUT2D eigenvalue weighted by molar-refractivity contribution is 7.10. The smallest absolute Gasteiger partial charge is 0.191 e. The minimum Gasteiger partial charge on any atom is -0.505 e. The molecule has 146 valence electrons. The van der Waals surface area contributed by atoms with Crippen LogP contribution >= 0.6 is 11.3 Å². The molecular formula is C19H25FN4O2S. The SMILES string of the molecule is CN=C(NCc1ccc(O)c(F)c1)NCC(c1cccs1)N1CCOCC1. The van der Waals surface area contributed by atoms with Gasteiger partial charge in [0.1, 0.15) is 0 Å². The number of morpholine rings is 1. The first-order chi connectivity index (χ1) is 13.2. The number of nitrogens with zero attached hydrogens (tertiary/aromatic N) is 2. The van der Waals surface area contributed by atoms with Gasteiger partial charge in [0, 0.05) is 38.1 Å². The van der Waals surface area contributed by atoms with Crippen molar-refractivity contribution in [2.24, 2.45) is 4.99 Å². The summed E-state index contributed by atoms with van der Waals surface area (Å²) in [5.41, 5.74) is 0.733. The van der Waals surface area contributed by atoms with Gasteiger partial charge in [-0.15, -0.1) is 11.3 Å². The lowest BCUT2D eigenvalue weighted by Gasteiger charge is -2.34. The molecule has 3 rings (SSSR count). The fraction of sp³-hybridized carbons (Fsp3) is 0.421. The molecule has 1 aliphatic rings. The predicted octanol–water partition coefficient (Wildman–Crippen LogP) is 2.33. The van der Waals surface area contributed by atoms with E-state index in [1.807, 2.05) is 0 Å². The van der Waals surface area contributed by atoms with E-state index in [0.717, 1.165) is 31.9 Å². The maximum atomic E-state index is 13.5. The summed E-state index contributed by atoms with van der Waals surface area (Å²) in [4.78, 5) is 7.98. The number of phenolic OH excluding ortho intramolecular Hbond substituents is 1. The first-order valence-electron chi connectivity index (χ1n) is 8.94. The Morgan fingerprint density at radius 3 is 2.81 bits per heavy atom. The molecule has 2 heterocycles. The number of guanidine groups is 1. The van der Waals surface area contributed by atoms with E-state index in [2.05, 4.69) is 38.0 Å². The normalized spacial score (nSPS) is 16.9. The zero-order valence-electron chi connectivity index (χ0n) is 15.3. The summed E-state index contributed by atoms with van der Waals surface area (Å²) < 4.78 is 18.9. The molecule has 0 spiro atoms. The van der Waals surface area contributed by atoms with Gasteiger partial charge in [-0.1, -0.05) is 12.1 Å². The molecular weight excluding hydrogens is 367 g/mol. The van der Waals surface area contributed by atoms with E-state index < -0.39 is 5.82 Å². The lowest BCUT2D eigenvalue weighted by molar-refractivity contribution is 0.0177. The number of aromatic hydroxyl groups is 1. The summed E-state index contributed by atoms with van der Waals surface area (Å²) in [7, 11) is 1.71. The van der Waals surface area contributed by atoms with Gasteiger partial charge in [-0.2, -0.15) is 0 Å². The molecule has 6 nitrogen and oxygen atoms in total. The van der Waals surface area contributed by atoms with Crippen LogP contribution in [0.3, 0.4) is 0 Å². The molecule has 0 saturated carbocycles. The van der Waals surface area contributed by atoms with Crippen molar-refractivity contribution >= 4 is 17.3 Å². The van der Waals surface area contributed by atoms with Crippen LogP contribution < -0.4 is 10.6 Å². The fourth-order valence-electron chi connectivity index (χ4n) is 3.04. The molecule has 1 saturated heterocycles. The number of ether oxygens (including phenoxy) is 1. The highest BCUT2D eigenvalue weighted by Crippen LogP contribution is 2.25. The summed E-state index contributed by atoms with van der Waals surface area (Å²) in [6.07, 6.45) is 0. The Hall–Kier alpha value is -2.16.